The molecule has 6 fully saturated rings. The minimum absolute atomic E-state index is 0.0119. The van der Waals surface area contributed by atoms with Crippen molar-refractivity contribution in [1.29, 1.82) is 10.5 Å². The van der Waals surface area contributed by atoms with Gasteiger partial charge in [-0.3, -0.25) is 0 Å². The van der Waals surface area contributed by atoms with Crippen LogP contribution in [0.3, 0.4) is 0 Å². The summed E-state index contributed by atoms with van der Waals surface area (Å²) in [6.07, 6.45) is 5.60. The van der Waals surface area contributed by atoms with Crippen molar-refractivity contribution in [2.75, 3.05) is 5.32 Å². The lowest BCUT2D eigenvalue weighted by atomic mass is 9.82. The van der Waals surface area contributed by atoms with Crippen LogP contribution in [0.2, 0.25) is 5.15 Å². The van der Waals surface area contributed by atoms with Crippen molar-refractivity contribution < 1.29 is 54.3 Å². The summed E-state index contributed by atoms with van der Waals surface area (Å²) in [6, 6.07) is 27.4. The molecule has 4 atom stereocenters. The molecule has 4 aromatic heterocycles. The molecular formula is C62H57ClF6N10O6. The van der Waals surface area contributed by atoms with Gasteiger partial charge < -0.3 is 39.0 Å². The molecule has 4 bridgehead atoms. The molecular weight excluding hydrogens is 1130 g/mol. The second kappa shape index (κ2) is 24.2. The highest BCUT2D eigenvalue weighted by Crippen LogP contribution is 2.50. The number of nitrogens with two attached hydrogens (primary N) is 1. The van der Waals surface area contributed by atoms with Crippen LogP contribution in [0.5, 0.6) is 11.5 Å². The van der Waals surface area contributed by atoms with Gasteiger partial charge in [0.25, 0.3) is 0 Å². The van der Waals surface area contributed by atoms with Crippen LogP contribution in [0, 0.1) is 46.3 Å². The number of nitriles is 2. The van der Waals surface area contributed by atoms with E-state index in [1.165, 1.54) is 30.5 Å². The van der Waals surface area contributed by atoms with Crippen LogP contribution >= 0.6 is 11.6 Å². The fourth-order valence-corrected chi connectivity index (χ4v) is 13.0. The number of nitrogens with one attached hydrogen (secondary N) is 1. The van der Waals surface area contributed by atoms with E-state index in [1.54, 1.807) is 54.7 Å². The molecule has 0 spiro atoms. The SMILES string of the molecule is N#Cc1cccc2nc(Cl)cnc12.N#Cc1cccc2nc(NC3C4CCC3CC(OCc3c(-c5ccccc5OC(F)(F)F)noc3C3CC3)C4)cnc12.NC1C2CCC1CC(OCc1c(-c3ccccc3OC(F)(F)F)noc1C1CC1)C2. The number of para-hydroxylation sites is 4. The van der Waals surface area contributed by atoms with Crippen LogP contribution < -0.4 is 20.5 Å². The van der Waals surface area contributed by atoms with Gasteiger partial charge in [-0.2, -0.15) is 10.5 Å². The van der Waals surface area contributed by atoms with E-state index in [-0.39, 0.29) is 72.0 Å². The maximum absolute atomic E-state index is 13.1. The summed E-state index contributed by atoms with van der Waals surface area (Å²) in [5.74, 6) is 3.77. The maximum atomic E-state index is 13.1. The van der Waals surface area contributed by atoms with E-state index < -0.39 is 12.7 Å². The molecule has 0 aliphatic heterocycles. The zero-order chi connectivity index (χ0) is 59.0. The average molecular weight is 1190 g/mol. The largest absolute Gasteiger partial charge is 0.573 e. The zero-order valence-corrected chi connectivity index (χ0v) is 46.4. The van der Waals surface area contributed by atoms with Crippen molar-refractivity contribution in [3.8, 4) is 46.2 Å². The first-order valence-electron chi connectivity index (χ1n) is 28.5. The topological polar surface area (TPSA) is 226 Å². The summed E-state index contributed by atoms with van der Waals surface area (Å²) >= 11 is 5.66. The molecule has 8 aromatic rings. The Morgan fingerprint density at radius 3 is 1.49 bits per heavy atom. The lowest BCUT2D eigenvalue weighted by Crippen LogP contribution is -2.40. The van der Waals surface area contributed by atoms with E-state index in [0.717, 1.165) is 88.4 Å². The van der Waals surface area contributed by atoms with Crippen LogP contribution in [0.15, 0.2) is 106 Å². The normalized spacial score (nSPS) is 23.3. The summed E-state index contributed by atoms with van der Waals surface area (Å²) in [5, 5.41) is 30.4. The van der Waals surface area contributed by atoms with Crippen molar-refractivity contribution in [1.82, 2.24) is 30.2 Å². The van der Waals surface area contributed by atoms with Gasteiger partial charge in [0.1, 0.15) is 68.6 Å². The average Bonchev–Trinajstić information content (AvgIpc) is 2.86. The molecule has 0 amide bonds. The van der Waals surface area contributed by atoms with E-state index in [0.29, 0.717) is 90.5 Å². The number of hydrogen-bond donors (Lipinski definition) is 2. The third-order valence-corrected chi connectivity index (χ3v) is 17.2. The number of aromatic nitrogens is 6. The second-order valence-corrected chi connectivity index (χ2v) is 23.0. The highest BCUT2D eigenvalue weighted by Gasteiger charge is 2.45. The summed E-state index contributed by atoms with van der Waals surface area (Å²) in [7, 11) is 0. The highest BCUT2D eigenvalue weighted by atomic mass is 35.5. The Morgan fingerprint density at radius 1 is 0.576 bits per heavy atom. The predicted molar refractivity (Wildman–Crippen MR) is 298 cm³/mol. The minimum Gasteiger partial charge on any atom is -0.405 e. The van der Waals surface area contributed by atoms with Gasteiger partial charge in [0.15, 0.2) is 0 Å². The zero-order valence-electron chi connectivity index (χ0n) is 45.7. The molecule has 6 saturated carbocycles. The van der Waals surface area contributed by atoms with Crippen LogP contribution in [0.25, 0.3) is 44.6 Å². The van der Waals surface area contributed by atoms with Gasteiger partial charge in [-0.1, -0.05) is 58.3 Å². The lowest BCUT2D eigenvalue weighted by Gasteiger charge is -2.36. The van der Waals surface area contributed by atoms with Gasteiger partial charge in [0, 0.05) is 46.2 Å². The van der Waals surface area contributed by atoms with E-state index in [9.17, 15) is 31.6 Å². The van der Waals surface area contributed by atoms with Crippen molar-refractivity contribution in [2.45, 2.75) is 139 Å². The Balaban J connectivity index is 0.000000142. The molecule has 440 valence electrons. The number of hydrogen-bond acceptors (Lipinski definition) is 16. The lowest BCUT2D eigenvalue weighted by molar-refractivity contribution is -0.275. The van der Waals surface area contributed by atoms with E-state index in [4.69, 9.17) is 46.1 Å². The van der Waals surface area contributed by atoms with Crippen LogP contribution in [-0.2, 0) is 22.7 Å². The summed E-state index contributed by atoms with van der Waals surface area (Å²) in [4.78, 5) is 17.3. The Labute approximate surface area is 489 Å². The first-order valence-corrected chi connectivity index (χ1v) is 28.8. The fourth-order valence-electron chi connectivity index (χ4n) is 12.8. The molecule has 85 heavy (non-hydrogen) atoms. The number of ether oxygens (including phenoxy) is 4. The van der Waals surface area contributed by atoms with Gasteiger partial charge in [-0.15, -0.1) is 26.3 Å². The monoisotopic (exact) mass is 1190 g/mol. The summed E-state index contributed by atoms with van der Waals surface area (Å²) in [6.45, 7) is 0.481. The van der Waals surface area contributed by atoms with Crippen molar-refractivity contribution in [3.63, 3.8) is 0 Å². The molecule has 16 nitrogen and oxygen atoms in total. The molecule has 0 saturated heterocycles. The summed E-state index contributed by atoms with van der Waals surface area (Å²) in [5.41, 5.74) is 12.5. The highest BCUT2D eigenvalue weighted by molar-refractivity contribution is 6.29. The Bertz CT molecular complexity index is 3770. The Hall–Kier alpha value is -7.89. The summed E-state index contributed by atoms with van der Waals surface area (Å²) < 4.78 is 110. The molecule has 6 aliphatic carbocycles. The molecule has 3 N–H and O–H groups in total. The number of rotatable bonds is 14. The molecule has 14 rings (SSSR count). The molecule has 23 heteroatoms. The molecule has 0 radical (unpaired) electrons. The minimum atomic E-state index is -4.82. The molecule has 4 aromatic carbocycles. The van der Waals surface area contributed by atoms with Gasteiger partial charge in [-0.05, 0) is 149 Å². The molecule has 4 heterocycles. The van der Waals surface area contributed by atoms with Crippen molar-refractivity contribution in [2.24, 2.45) is 29.4 Å². The Morgan fingerprint density at radius 2 is 1.02 bits per heavy atom. The first kappa shape index (κ1) is 57.5. The number of fused-ring (bicyclic) bond motifs is 6. The van der Waals surface area contributed by atoms with Crippen LogP contribution in [0.1, 0.15) is 123 Å². The third kappa shape index (κ3) is 13.2. The Kier molecular flexibility index (Phi) is 16.4. The number of nitrogens with zero attached hydrogens (tertiary/aromatic N) is 8. The first-order chi connectivity index (χ1) is 41.1. The maximum Gasteiger partial charge on any atom is 0.573 e. The number of alkyl halides is 6. The second-order valence-electron chi connectivity index (χ2n) is 22.7. The molecule has 4 unspecified atom stereocenters. The number of halogens is 7. The fraction of sp³-hybridized carbons (Fsp3) is 0.419. The smallest absolute Gasteiger partial charge is 0.405 e. The standard InChI is InChI=1S/C31H28F3N5O3.C22H25F3N2O3.C9H4ClN3/c32-31(33,34)41-25-7-2-1-5-22(25)29-23(30(42-39-29)17-8-9-17)16-40-21-12-18-10-11-19(13-21)27(18)38-26-15-36-28-20(14-35)4-3-6-24(28)37-26;23-22(24,25)29-18-4-2-1-3-16(18)20-17(21(30-27-20)12-5-6-12)11-28-15-9-13-7-8-14(10-15)19(13)26;10-8-5-12-9-6(4-11)2-1-3-7(9)13-8/h1-7,15,17-19,21,27H,8-13,16H2,(H,37,38);1-4,12-15,19H,5-11,26H2;1-3,5H. The van der Waals surface area contributed by atoms with E-state index in [1.807, 2.05) is 18.2 Å². The van der Waals surface area contributed by atoms with Crippen molar-refractivity contribution in [3.05, 3.63) is 136 Å². The van der Waals surface area contributed by atoms with Crippen LogP contribution in [0.4, 0.5) is 32.2 Å². The van der Waals surface area contributed by atoms with E-state index >= 15 is 0 Å². The van der Waals surface area contributed by atoms with Gasteiger partial charge >= 0.3 is 12.7 Å². The van der Waals surface area contributed by atoms with Crippen LogP contribution in [-0.4, -0.2) is 67.3 Å². The predicted octanol–water partition coefficient (Wildman–Crippen LogP) is 14.4. The molecule has 6 aliphatic rings. The quantitative estimate of drug-likeness (QED) is 0.0965. The van der Waals surface area contributed by atoms with Gasteiger partial charge in [0.05, 0.1) is 60.0 Å². The van der Waals surface area contributed by atoms with E-state index in [2.05, 4.69) is 46.1 Å². The third-order valence-electron chi connectivity index (χ3n) is 17.0. The van der Waals surface area contributed by atoms with Gasteiger partial charge in [0.2, 0.25) is 0 Å². The van der Waals surface area contributed by atoms with Crippen molar-refractivity contribution >= 4 is 39.5 Å². The van der Waals surface area contributed by atoms with Gasteiger partial charge in [-0.25, -0.2) is 19.9 Å². The number of anilines is 1. The number of benzene rings is 4.